The van der Waals surface area contributed by atoms with Crippen molar-refractivity contribution >= 4 is 47.2 Å². The Morgan fingerprint density at radius 3 is 2.78 bits per heavy atom. The maximum Gasteiger partial charge on any atom is 0.227 e. The van der Waals surface area contributed by atoms with Crippen LogP contribution >= 0.6 is 24.0 Å². The maximum atomic E-state index is 12.7. The van der Waals surface area contributed by atoms with Gasteiger partial charge in [0.2, 0.25) is 5.91 Å². The normalized spacial score (nSPS) is 14.8. The molecule has 0 fully saturated rings. The number of guanidine groups is 1. The first-order chi connectivity index (χ1) is 15.2. The number of ether oxygens (including phenoxy) is 2. The molecule has 0 bridgehead atoms. The Morgan fingerprint density at radius 1 is 1.12 bits per heavy atom. The molecule has 0 unspecified atom stereocenters. The second kappa shape index (κ2) is 11.9. The number of nitrogens with one attached hydrogen (secondary N) is 2. The van der Waals surface area contributed by atoms with E-state index in [0.717, 1.165) is 48.8 Å². The zero-order chi connectivity index (χ0) is 21.5. The highest BCUT2D eigenvalue weighted by atomic mass is 127. The van der Waals surface area contributed by atoms with E-state index in [-0.39, 0.29) is 29.9 Å². The van der Waals surface area contributed by atoms with Gasteiger partial charge in [0.05, 0.1) is 13.2 Å². The van der Waals surface area contributed by atoms with E-state index in [2.05, 4.69) is 21.7 Å². The molecule has 2 N–H and O–H groups in total. The molecule has 8 heteroatoms. The third kappa shape index (κ3) is 6.05. The standard InChI is InChI=1S/C24H30N4O3.HI/c1-2-25-24(27-19-10-11-21-22(17-19)31-16-6-15-30-21)26-13-5-9-23(29)28-14-12-18-7-3-4-8-20(18)28;/h3-4,7-8,10-11,17H,2,5-6,9,12-16H2,1H3,(H2,25,26,27);1H. The van der Waals surface area contributed by atoms with Crippen LogP contribution in [0.15, 0.2) is 47.5 Å². The fourth-order valence-corrected chi connectivity index (χ4v) is 3.84. The summed E-state index contributed by atoms with van der Waals surface area (Å²) in [4.78, 5) is 19.2. The minimum atomic E-state index is 0. The lowest BCUT2D eigenvalue weighted by Crippen LogP contribution is -2.31. The largest absolute Gasteiger partial charge is 0.490 e. The predicted octanol–water partition coefficient (Wildman–Crippen LogP) is 4.21. The molecule has 0 saturated heterocycles. The summed E-state index contributed by atoms with van der Waals surface area (Å²) in [7, 11) is 0. The third-order valence-corrected chi connectivity index (χ3v) is 5.36. The van der Waals surface area contributed by atoms with E-state index >= 15 is 0 Å². The van der Waals surface area contributed by atoms with Gasteiger partial charge in [-0.15, -0.1) is 24.0 Å². The van der Waals surface area contributed by atoms with Crippen molar-refractivity contribution < 1.29 is 14.3 Å². The monoisotopic (exact) mass is 550 g/mol. The minimum absolute atomic E-state index is 0. The summed E-state index contributed by atoms with van der Waals surface area (Å²) in [6, 6.07) is 13.9. The number of para-hydroxylation sites is 1. The first kappa shape index (κ1) is 24.2. The summed E-state index contributed by atoms with van der Waals surface area (Å²) in [5.74, 6) is 2.37. The zero-order valence-corrected chi connectivity index (χ0v) is 20.8. The van der Waals surface area contributed by atoms with Crippen molar-refractivity contribution in [3.8, 4) is 11.5 Å². The zero-order valence-electron chi connectivity index (χ0n) is 18.4. The Bertz CT molecular complexity index is 951. The van der Waals surface area contributed by atoms with Gasteiger partial charge >= 0.3 is 0 Å². The van der Waals surface area contributed by atoms with E-state index in [1.807, 2.05) is 48.2 Å². The topological polar surface area (TPSA) is 75.2 Å². The summed E-state index contributed by atoms with van der Waals surface area (Å²) < 4.78 is 11.4. The number of amides is 1. The number of carbonyl (C=O) groups is 1. The molecule has 4 rings (SSSR count). The molecule has 0 radical (unpaired) electrons. The number of hydrogen-bond acceptors (Lipinski definition) is 4. The van der Waals surface area contributed by atoms with Crippen LogP contribution in [0.3, 0.4) is 0 Å². The van der Waals surface area contributed by atoms with Gasteiger partial charge in [0, 0.05) is 49.9 Å². The molecule has 2 aromatic carbocycles. The lowest BCUT2D eigenvalue weighted by molar-refractivity contribution is -0.118. The van der Waals surface area contributed by atoms with Crippen LogP contribution in [-0.4, -0.2) is 44.7 Å². The van der Waals surface area contributed by atoms with Gasteiger partial charge in [-0.05, 0) is 43.5 Å². The molecule has 0 aliphatic carbocycles. The smallest absolute Gasteiger partial charge is 0.227 e. The number of rotatable bonds is 6. The summed E-state index contributed by atoms with van der Waals surface area (Å²) in [5, 5.41) is 6.57. The van der Waals surface area contributed by atoms with Gasteiger partial charge < -0.3 is 25.0 Å². The number of aliphatic imine (C=N–C) groups is 1. The Kier molecular flexibility index (Phi) is 9.01. The van der Waals surface area contributed by atoms with E-state index in [0.29, 0.717) is 38.6 Å². The number of nitrogens with zero attached hydrogens (tertiary/aromatic N) is 2. The van der Waals surface area contributed by atoms with E-state index in [9.17, 15) is 4.79 Å². The van der Waals surface area contributed by atoms with Crippen LogP contribution in [0.4, 0.5) is 11.4 Å². The van der Waals surface area contributed by atoms with Gasteiger partial charge in [-0.25, -0.2) is 0 Å². The van der Waals surface area contributed by atoms with E-state index < -0.39 is 0 Å². The van der Waals surface area contributed by atoms with E-state index in [1.54, 1.807) is 0 Å². The van der Waals surface area contributed by atoms with Gasteiger partial charge in [-0.2, -0.15) is 0 Å². The van der Waals surface area contributed by atoms with Crippen molar-refractivity contribution in [3.63, 3.8) is 0 Å². The molecule has 0 atom stereocenters. The molecule has 7 nitrogen and oxygen atoms in total. The number of hydrogen-bond donors (Lipinski definition) is 2. The number of halogens is 1. The van der Waals surface area contributed by atoms with Gasteiger partial charge in [0.15, 0.2) is 17.5 Å². The highest BCUT2D eigenvalue weighted by Gasteiger charge is 2.23. The maximum absolute atomic E-state index is 12.7. The third-order valence-electron chi connectivity index (χ3n) is 5.36. The van der Waals surface area contributed by atoms with Crippen LogP contribution in [0, 0.1) is 0 Å². The lowest BCUT2D eigenvalue weighted by atomic mass is 10.2. The highest BCUT2D eigenvalue weighted by Crippen LogP contribution is 2.32. The van der Waals surface area contributed by atoms with Gasteiger partial charge in [-0.3, -0.25) is 9.79 Å². The summed E-state index contributed by atoms with van der Waals surface area (Å²) in [6.07, 6.45) is 3.00. The van der Waals surface area contributed by atoms with Crippen molar-refractivity contribution in [1.82, 2.24) is 5.32 Å². The Morgan fingerprint density at radius 2 is 1.94 bits per heavy atom. The first-order valence-electron chi connectivity index (χ1n) is 11.1. The Balaban J connectivity index is 0.00000289. The molecule has 2 aliphatic rings. The minimum Gasteiger partial charge on any atom is -0.490 e. The van der Waals surface area contributed by atoms with Crippen LogP contribution in [0.5, 0.6) is 11.5 Å². The van der Waals surface area contributed by atoms with Gasteiger partial charge in [0.25, 0.3) is 0 Å². The molecule has 0 spiro atoms. The van der Waals surface area contributed by atoms with Crippen molar-refractivity contribution in [2.45, 2.75) is 32.6 Å². The molecular formula is C24H31IN4O3. The Labute approximate surface area is 206 Å². The number of fused-ring (bicyclic) bond motifs is 2. The van der Waals surface area contributed by atoms with Crippen LogP contribution in [0.25, 0.3) is 0 Å². The molecule has 0 saturated carbocycles. The van der Waals surface area contributed by atoms with Crippen molar-refractivity contribution in [3.05, 3.63) is 48.0 Å². The molecule has 2 heterocycles. The second-order valence-corrected chi connectivity index (χ2v) is 7.63. The van der Waals surface area contributed by atoms with Crippen LogP contribution in [-0.2, 0) is 11.2 Å². The van der Waals surface area contributed by atoms with Crippen molar-refractivity contribution in [1.29, 1.82) is 0 Å². The molecule has 0 aromatic heterocycles. The average molecular weight is 550 g/mol. The number of anilines is 2. The second-order valence-electron chi connectivity index (χ2n) is 7.63. The SMILES string of the molecule is CCNC(=NCCCC(=O)N1CCc2ccccc21)Nc1ccc2c(c1)OCCCO2.I. The summed E-state index contributed by atoms with van der Waals surface area (Å²) in [6.45, 7) is 5.45. The Hall–Kier alpha value is -2.49. The quantitative estimate of drug-likeness (QED) is 0.244. The molecule has 32 heavy (non-hydrogen) atoms. The molecule has 2 aromatic rings. The lowest BCUT2D eigenvalue weighted by Gasteiger charge is -2.17. The van der Waals surface area contributed by atoms with E-state index in [1.165, 1.54) is 5.56 Å². The van der Waals surface area contributed by atoms with Gasteiger partial charge in [0.1, 0.15) is 0 Å². The van der Waals surface area contributed by atoms with Gasteiger partial charge in [-0.1, -0.05) is 18.2 Å². The number of carbonyl (C=O) groups excluding carboxylic acids is 1. The molecule has 1 amide bonds. The van der Waals surface area contributed by atoms with Crippen molar-refractivity contribution in [2.24, 2.45) is 4.99 Å². The molecular weight excluding hydrogens is 519 g/mol. The fourth-order valence-electron chi connectivity index (χ4n) is 3.84. The van der Waals surface area contributed by atoms with Crippen LogP contribution < -0.4 is 25.0 Å². The first-order valence-corrected chi connectivity index (χ1v) is 11.1. The molecule has 172 valence electrons. The highest BCUT2D eigenvalue weighted by molar-refractivity contribution is 14.0. The van der Waals surface area contributed by atoms with Crippen molar-refractivity contribution in [2.75, 3.05) is 43.1 Å². The van der Waals surface area contributed by atoms with Crippen LogP contribution in [0.1, 0.15) is 31.7 Å². The average Bonchev–Trinajstić information content (AvgIpc) is 3.08. The number of benzene rings is 2. The summed E-state index contributed by atoms with van der Waals surface area (Å²) >= 11 is 0. The summed E-state index contributed by atoms with van der Waals surface area (Å²) in [5.41, 5.74) is 3.19. The van der Waals surface area contributed by atoms with Crippen LogP contribution in [0.2, 0.25) is 0 Å². The molecule has 2 aliphatic heterocycles. The predicted molar refractivity (Wildman–Crippen MR) is 139 cm³/mol. The van der Waals surface area contributed by atoms with E-state index in [4.69, 9.17) is 9.47 Å². The fraction of sp³-hybridized carbons (Fsp3) is 0.417.